The van der Waals surface area contributed by atoms with Crippen molar-refractivity contribution >= 4 is 5.97 Å². The number of halogens is 1. The van der Waals surface area contributed by atoms with Gasteiger partial charge in [-0.1, -0.05) is 29.8 Å². The maximum atomic E-state index is 14.0. The van der Waals surface area contributed by atoms with E-state index in [1.54, 1.807) is 0 Å². The average molecular weight is 236 g/mol. The summed E-state index contributed by atoms with van der Waals surface area (Å²) in [4.78, 5) is 11.5. The molecule has 1 aliphatic rings. The van der Waals surface area contributed by atoms with Gasteiger partial charge in [0.25, 0.3) is 0 Å². The fourth-order valence-corrected chi connectivity index (χ4v) is 2.71. The Labute approximate surface area is 100 Å². The lowest BCUT2D eigenvalue weighted by molar-refractivity contribution is -0.144. The van der Waals surface area contributed by atoms with Crippen LogP contribution in [-0.4, -0.2) is 16.7 Å². The van der Waals surface area contributed by atoms with Crippen molar-refractivity contribution in [1.29, 1.82) is 0 Å². The van der Waals surface area contributed by atoms with Crippen molar-refractivity contribution in [3.8, 4) is 0 Å². The number of carboxylic acid groups (broad SMARTS) is 1. The Morgan fingerprint density at radius 3 is 2.29 bits per heavy atom. The minimum Gasteiger partial charge on any atom is -0.481 e. The van der Waals surface area contributed by atoms with E-state index in [0.29, 0.717) is 12.8 Å². The summed E-state index contributed by atoms with van der Waals surface area (Å²) in [7, 11) is 0. The fraction of sp³-hybridized carbons (Fsp3) is 0.500. The molecular weight excluding hydrogens is 219 g/mol. The van der Waals surface area contributed by atoms with Crippen LogP contribution in [0.3, 0.4) is 0 Å². The van der Waals surface area contributed by atoms with Gasteiger partial charge in [0.2, 0.25) is 0 Å². The second kappa shape index (κ2) is 3.83. The summed E-state index contributed by atoms with van der Waals surface area (Å²) in [5.74, 6) is -0.914. The van der Waals surface area contributed by atoms with Gasteiger partial charge in [-0.15, -0.1) is 0 Å². The number of benzene rings is 1. The second-order valence-corrected chi connectivity index (χ2v) is 5.34. The molecule has 1 saturated carbocycles. The third kappa shape index (κ3) is 2.06. The lowest BCUT2D eigenvalue weighted by Gasteiger charge is -2.25. The topological polar surface area (TPSA) is 37.3 Å². The molecule has 3 heteroatoms. The van der Waals surface area contributed by atoms with Gasteiger partial charge < -0.3 is 5.11 Å². The summed E-state index contributed by atoms with van der Waals surface area (Å²) >= 11 is 0. The summed E-state index contributed by atoms with van der Waals surface area (Å²) in [6.07, 6.45) is 0.754. The zero-order valence-electron chi connectivity index (χ0n) is 10.2. The van der Waals surface area contributed by atoms with Gasteiger partial charge >= 0.3 is 5.97 Å². The normalized spacial score (nSPS) is 32.6. The van der Waals surface area contributed by atoms with Crippen LogP contribution in [0.4, 0.5) is 4.39 Å². The molecule has 0 aromatic heterocycles. The Bertz CT molecular complexity index is 436. The maximum absolute atomic E-state index is 14.0. The van der Waals surface area contributed by atoms with Crippen molar-refractivity contribution < 1.29 is 14.3 Å². The molecule has 0 saturated heterocycles. The molecule has 92 valence electrons. The molecule has 1 fully saturated rings. The van der Waals surface area contributed by atoms with E-state index in [-0.39, 0.29) is 6.42 Å². The van der Waals surface area contributed by atoms with Gasteiger partial charge in [0.15, 0.2) is 0 Å². The van der Waals surface area contributed by atoms with Gasteiger partial charge in [0, 0.05) is 6.42 Å². The van der Waals surface area contributed by atoms with Crippen LogP contribution in [0, 0.1) is 6.92 Å². The number of aryl methyl sites for hydroxylation is 1. The van der Waals surface area contributed by atoms with E-state index in [1.807, 2.05) is 31.2 Å². The molecule has 2 nitrogen and oxygen atoms in total. The van der Waals surface area contributed by atoms with Crippen LogP contribution in [0.25, 0.3) is 0 Å². The van der Waals surface area contributed by atoms with Gasteiger partial charge in [-0.2, -0.15) is 0 Å². The van der Waals surface area contributed by atoms with E-state index < -0.39 is 17.1 Å². The number of carbonyl (C=O) groups is 1. The van der Waals surface area contributed by atoms with Crippen molar-refractivity contribution in [2.24, 2.45) is 0 Å². The first-order valence-corrected chi connectivity index (χ1v) is 5.85. The monoisotopic (exact) mass is 236 g/mol. The van der Waals surface area contributed by atoms with Crippen molar-refractivity contribution in [3.63, 3.8) is 0 Å². The molecule has 1 aromatic rings. The van der Waals surface area contributed by atoms with E-state index in [0.717, 1.165) is 11.1 Å². The summed E-state index contributed by atoms with van der Waals surface area (Å²) in [5.41, 5.74) is -0.618. The number of hydrogen-bond donors (Lipinski definition) is 1. The summed E-state index contributed by atoms with van der Waals surface area (Å²) < 4.78 is 14.0. The maximum Gasteiger partial charge on any atom is 0.314 e. The zero-order valence-corrected chi connectivity index (χ0v) is 10.2. The Kier molecular flexibility index (Phi) is 2.72. The number of hydrogen-bond acceptors (Lipinski definition) is 1. The highest BCUT2D eigenvalue weighted by Gasteiger charge is 2.52. The first kappa shape index (κ1) is 12.1. The minimum atomic E-state index is -1.37. The van der Waals surface area contributed by atoms with E-state index >= 15 is 0 Å². The highest BCUT2D eigenvalue weighted by molar-refractivity contribution is 5.82. The van der Waals surface area contributed by atoms with Gasteiger partial charge in [-0.25, -0.2) is 4.39 Å². The SMILES string of the molecule is Cc1ccc(C2(C(=O)O)CCC(C)(F)C2)cc1. The lowest BCUT2D eigenvalue weighted by Crippen LogP contribution is -2.34. The Hall–Kier alpha value is -1.38. The predicted octanol–water partition coefficient (Wildman–Crippen LogP) is 3.23. The van der Waals surface area contributed by atoms with E-state index in [4.69, 9.17) is 0 Å². The predicted molar refractivity (Wildman–Crippen MR) is 63.9 cm³/mol. The molecule has 1 aromatic carbocycles. The zero-order chi connectivity index (χ0) is 12.7. The summed E-state index contributed by atoms with van der Waals surface area (Å²) in [6, 6.07) is 7.39. The third-order valence-electron chi connectivity index (χ3n) is 3.76. The van der Waals surface area contributed by atoms with Crippen LogP contribution in [0.1, 0.15) is 37.3 Å². The standard InChI is InChI=1S/C14H17FO2/c1-10-3-5-11(6-4-10)14(12(16)17)8-7-13(2,15)9-14/h3-6H,7-9H2,1-2H3,(H,16,17). The lowest BCUT2D eigenvalue weighted by atomic mass is 9.78. The van der Waals surface area contributed by atoms with Crippen LogP contribution in [-0.2, 0) is 10.2 Å². The molecule has 2 rings (SSSR count). The molecule has 17 heavy (non-hydrogen) atoms. The molecule has 1 aliphatic carbocycles. The van der Waals surface area contributed by atoms with Crippen LogP contribution in [0.5, 0.6) is 0 Å². The van der Waals surface area contributed by atoms with E-state index in [2.05, 4.69) is 0 Å². The third-order valence-corrected chi connectivity index (χ3v) is 3.76. The molecule has 2 atom stereocenters. The van der Waals surface area contributed by atoms with Crippen molar-refractivity contribution in [3.05, 3.63) is 35.4 Å². The van der Waals surface area contributed by atoms with Crippen LogP contribution >= 0.6 is 0 Å². The average Bonchev–Trinajstić information content (AvgIpc) is 2.57. The van der Waals surface area contributed by atoms with Gasteiger partial charge in [-0.3, -0.25) is 4.79 Å². The first-order chi connectivity index (χ1) is 7.86. The highest BCUT2D eigenvalue weighted by Crippen LogP contribution is 2.48. The molecule has 0 aliphatic heterocycles. The second-order valence-electron chi connectivity index (χ2n) is 5.34. The van der Waals surface area contributed by atoms with Crippen LogP contribution in [0.15, 0.2) is 24.3 Å². The molecule has 0 spiro atoms. The highest BCUT2D eigenvalue weighted by atomic mass is 19.1. The number of rotatable bonds is 2. The van der Waals surface area contributed by atoms with Gasteiger partial charge in [0.05, 0.1) is 5.41 Å². The molecule has 0 bridgehead atoms. The number of aliphatic carboxylic acids is 1. The summed E-state index contributed by atoms with van der Waals surface area (Å²) in [5, 5.41) is 9.45. The largest absolute Gasteiger partial charge is 0.481 e. The van der Waals surface area contributed by atoms with Crippen molar-refractivity contribution in [1.82, 2.24) is 0 Å². The molecule has 0 amide bonds. The van der Waals surface area contributed by atoms with E-state index in [1.165, 1.54) is 6.92 Å². The molecular formula is C14H17FO2. The number of alkyl halides is 1. The first-order valence-electron chi connectivity index (χ1n) is 5.85. The Balaban J connectivity index is 2.43. The number of carboxylic acids is 1. The van der Waals surface area contributed by atoms with Crippen LogP contribution < -0.4 is 0 Å². The van der Waals surface area contributed by atoms with E-state index in [9.17, 15) is 14.3 Å². The molecule has 2 unspecified atom stereocenters. The van der Waals surface area contributed by atoms with Crippen LogP contribution in [0.2, 0.25) is 0 Å². The Morgan fingerprint density at radius 1 is 1.29 bits per heavy atom. The summed E-state index contributed by atoms with van der Waals surface area (Å²) in [6.45, 7) is 3.44. The minimum absolute atomic E-state index is 0.0679. The van der Waals surface area contributed by atoms with Crippen molar-refractivity contribution in [2.45, 2.75) is 44.2 Å². The van der Waals surface area contributed by atoms with Crippen molar-refractivity contribution in [2.75, 3.05) is 0 Å². The molecule has 0 radical (unpaired) electrons. The fourth-order valence-electron chi connectivity index (χ4n) is 2.71. The smallest absolute Gasteiger partial charge is 0.314 e. The van der Waals surface area contributed by atoms with Gasteiger partial charge in [-0.05, 0) is 32.3 Å². The molecule has 0 heterocycles. The van der Waals surface area contributed by atoms with Gasteiger partial charge in [0.1, 0.15) is 5.67 Å². The Morgan fingerprint density at radius 2 is 1.88 bits per heavy atom. The quantitative estimate of drug-likeness (QED) is 0.856. The molecule has 1 N–H and O–H groups in total.